The molecule has 1 heterocycles. The van der Waals surface area contributed by atoms with E-state index in [1.54, 1.807) is 18.2 Å². The molecule has 2 aromatic rings. The van der Waals surface area contributed by atoms with Crippen LogP contribution in [0.4, 0.5) is 10.1 Å². The maximum absolute atomic E-state index is 13.6. The molecule has 1 aliphatic heterocycles. The SMILES string of the molecule is O=C(CCN1CCN(Cc2cccc(Cl)c2)CC1)Nc1ccccc1F. The number of para-hydroxylation sites is 1. The van der Waals surface area contributed by atoms with Crippen molar-refractivity contribution >= 4 is 23.2 Å². The Labute approximate surface area is 158 Å². The van der Waals surface area contributed by atoms with Gasteiger partial charge in [-0.05, 0) is 29.8 Å². The van der Waals surface area contributed by atoms with Crippen molar-refractivity contribution in [1.29, 1.82) is 0 Å². The number of piperazine rings is 1. The molecule has 2 aromatic carbocycles. The second-order valence-electron chi connectivity index (χ2n) is 6.53. The van der Waals surface area contributed by atoms with Gasteiger partial charge in [0.25, 0.3) is 0 Å². The molecule has 0 radical (unpaired) electrons. The molecule has 1 amide bonds. The van der Waals surface area contributed by atoms with E-state index in [2.05, 4.69) is 21.2 Å². The van der Waals surface area contributed by atoms with E-state index in [0.29, 0.717) is 13.0 Å². The molecule has 3 rings (SSSR count). The molecule has 0 aliphatic carbocycles. The van der Waals surface area contributed by atoms with Gasteiger partial charge >= 0.3 is 0 Å². The molecule has 0 spiro atoms. The van der Waals surface area contributed by atoms with Crippen LogP contribution < -0.4 is 5.32 Å². The van der Waals surface area contributed by atoms with Crippen LogP contribution in [0.25, 0.3) is 0 Å². The molecule has 0 aromatic heterocycles. The van der Waals surface area contributed by atoms with E-state index in [9.17, 15) is 9.18 Å². The topological polar surface area (TPSA) is 35.6 Å². The lowest BCUT2D eigenvalue weighted by molar-refractivity contribution is -0.116. The largest absolute Gasteiger partial charge is 0.324 e. The summed E-state index contributed by atoms with van der Waals surface area (Å²) in [4.78, 5) is 16.7. The second-order valence-corrected chi connectivity index (χ2v) is 6.96. The molecule has 1 fully saturated rings. The maximum atomic E-state index is 13.6. The summed E-state index contributed by atoms with van der Waals surface area (Å²) in [7, 11) is 0. The fourth-order valence-corrected chi connectivity index (χ4v) is 3.31. The molecule has 0 atom stereocenters. The van der Waals surface area contributed by atoms with E-state index in [1.165, 1.54) is 11.6 Å². The van der Waals surface area contributed by atoms with Gasteiger partial charge in [-0.3, -0.25) is 9.69 Å². The quantitative estimate of drug-likeness (QED) is 0.837. The smallest absolute Gasteiger partial charge is 0.225 e. The summed E-state index contributed by atoms with van der Waals surface area (Å²) in [5.41, 5.74) is 1.46. The third kappa shape index (κ3) is 5.53. The summed E-state index contributed by atoms with van der Waals surface area (Å²) < 4.78 is 13.6. The molecule has 0 unspecified atom stereocenters. The van der Waals surface area contributed by atoms with E-state index < -0.39 is 5.82 Å². The Bertz CT molecular complexity index is 747. The van der Waals surface area contributed by atoms with Gasteiger partial charge < -0.3 is 10.2 Å². The summed E-state index contributed by atoms with van der Waals surface area (Å²) in [5, 5.41) is 3.40. The molecule has 4 nitrogen and oxygen atoms in total. The Kier molecular flexibility index (Phi) is 6.61. The Morgan fingerprint density at radius 3 is 2.50 bits per heavy atom. The number of amides is 1. The average molecular weight is 376 g/mol. The molecular weight excluding hydrogens is 353 g/mol. The summed E-state index contributed by atoms with van der Waals surface area (Å²) >= 11 is 6.04. The molecule has 26 heavy (non-hydrogen) atoms. The van der Waals surface area contributed by atoms with Crippen molar-refractivity contribution in [3.05, 3.63) is 64.9 Å². The van der Waals surface area contributed by atoms with Gasteiger partial charge in [0.2, 0.25) is 5.91 Å². The fourth-order valence-electron chi connectivity index (χ4n) is 3.10. The van der Waals surface area contributed by atoms with Gasteiger partial charge in [0.1, 0.15) is 5.82 Å². The number of nitrogens with zero attached hydrogens (tertiary/aromatic N) is 2. The number of benzene rings is 2. The number of anilines is 1. The monoisotopic (exact) mass is 375 g/mol. The number of carbonyl (C=O) groups excluding carboxylic acids is 1. The van der Waals surface area contributed by atoms with Gasteiger partial charge in [-0.15, -0.1) is 0 Å². The van der Waals surface area contributed by atoms with Gasteiger partial charge in [-0.1, -0.05) is 35.9 Å². The second kappa shape index (κ2) is 9.12. The third-order valence-electron chi connectivity index (χ3n) is 4.56. The van der Waals surface area contributed by atoms with Crippen LogP contribution in [0.5, 0.6) is 0 Å². The molecular formula is C20H23ClFN3O. The number of nitrogens with one attached hydrogen (secondary N) is 1. The van der Waals surface area contributed by atoms with E-state index in [4.69, 9.17) is 11.6 Å². The fraction of sp³-hybridized carbons (Fsp3) is 0.350. The zero-order chi connectivity index (χ0) is 18.4. The number of halogens is 2. The number of hydrogen-bond acceptors (Lipinski definition) is 3. The Morgan fingerprint density at radius 2 is 1.77 bits per heavy atom. The molecule has 6 heteroatoms. The van der Waals surface area contributed by atoms with Gasteiger partial charge in [0.15, 0.2) is 0 Å². The number of hydrogen-bond donors (Lipinski definition) is 1. The highest BCUT2D eigenvalue weighted by Crippen LogP contribution is 2.15. The van der Waals surface area contributed by atoms with Crippen molar-refractivity contribution in [3.63, 3.8) is 0 Å². The summed E-state index contributed by atoms with van der Waals surface area (Å²) in [6, 6.07) is 14.2. The lowest BCUT2D eigenvalue weighted by atomic mass is 10.2. The van der Waals surface area contributed by atoms with E-state index in [1.807, 2.05) is 18.2 Å². The summed E-state index contributed by atoms with van der Waals surface area (Å²) in [5.74, 6) is -0.563. The average Bonchev–Trinajstić information content (AvgIpc) is 2.63. The normalized spacial score (nSPS) is 15.8. The van der Waals surface area contributed by atoms with Crippen LogP contribution in [0.3, 0.4) is 0 Å². The van der Waals surface area contributed by atoms with Crippen LogP contribution >= 0.6 is 11.6 Å². The molecule has 0 bridgehead atoms. The van der Waals surface area contributed by atoms with E-state index in [-0.39, 0.29) is 11.6 Å². The zero-order valence-electron chi connectivity index (χ0n) is 14.6. The lowest BCUT2D eigenvalue weighted by Crippen LogP contribution is -2.46. The summed E-state index contributed by atoms with van der Waals surface area (Å²) in [6.45, 7) is 5.34. The van der Waals surface area contributed by atoms with Crippen molar-refractivity contribution in [2.45, 2.75) is 13.0 Å². The molecule has 1 saturated heterocycles. The first-order chi connectivity index (χ1) is 12.6. The van der Waals surface area contributed by atoms with Crippen LogP contribution in [0.2, 0.25) is 5.02 Å². The van der Waals surface area contributed by atoms with Crippen molar-refractivity contribution < 1.29 is 9.18 Å². The van der Waals surface area contributed by atoms with Gasteiger partial charge in [0, 0.05) is 50.7 Å². The molecule has 1 aliphatic rings. The molecule has 1 N–H and O–H groups in total. The van der Waals surface area contributed by atoms with Crippen molar-refractivity contribution in [2.75, 3.05) is 38.0 Å². The van der Waals surface area contributed by atoms with Crippen molar-refractivity contribution in [1.82, 2.24) is 9.80 Å². The first kappa shape index (κ1) is 18.8. The number of rotatable bonds is 6. The lowest BCUT2D eigenvalue weighted by Gasteiger charge is -2.34. The van der Waals surface area contributed by atoms with Crippen LogP contribution in [0, 0.1) is 5.82 Å². The van der Waals surface area contributed by atoms with E-state index >= 15 is 0 Å². The predicted octanol–water partition coefficient (Wildman–Crippen LogP) is 3.63. The Morgan fingerprint density at radius 1 is 1.04 bits per heavy atom. The standard InChI is InChI=1S/C20H23ClFN3O/c21-17-5-3-4-16(14-17)15-25-12-10-24(11-13-25)9-8-20(26)23-19-7-2-1-6-18(19)22/h1-7,14H,8-13,15H2,(H,23,26). The first-order valence-corrected chi connectivity index (χ1v) is 9.21. The van der Waals surface area contributed by atoms with Crippen molar-refractivity contribution in [2.24, 2.45) is 0 Å². The minimum absolute atomic E-state index is 0.156. The van der Waals surface area contributed by atoms with Crippen LogP contribution in [0.15, 0.2) is 48.5 Å². The van der Waals surface area contributed by atoms with Crippen LogP contribution in [0.1, 0.15) is 12.0 Å². The highest BCUT2D eigenvalue weighted by Gasteiger charge is 2.18. The van der Waals surface area contributed by atoms with Gasteiger partial charge in [-0.2, -0.15) is 0 Å². The minimum atomic E-state index is -0.407. The minimum Gasteiger partial charge on any atom is -0.324 e. The summed E-state index contributed by atoms with van der Waals surface area (Å²) in [6.07, 6.45) is 0.364. The molecule has 138 valence electrons. The third-order valence-corrected chi connectivity index (χ3v) is 4.80. The highest BCUT2D eigenvalue weighted by molar-refractivity contribution is 6.30. The number of carbonyl (C=O) groups is 1. The van der Waals surface area contributed by atoms with Crippen LogP contribution in [-0.4, -0.2) is 48.4 Å². The van der Waals surface area contributed by atoms with Crippen molar-refractivity contribution in [3.8, 4) is 0 Å². The van der Waals surface area contributed by atoms with Crippen LogP contribution in [-0.2, 0) is 11.3 Å². The Hall–Kier alpha value is -1.95. The zero-order valence-corrected chi connectivity index (χ0v) is 15.4. The highest BCUT2D eigenvalue weighted by atomic mass is 35.5. The van der Waals surface area contributed by atoms with Gasteiger partial charge in [-0.25, -0.2) is 4.39 Å². The Balaban J connectivity index is 1.39. The van der Waals surface area contributed by atoms with E-state index in [0.717, 1.165) is 37.7 Å². The first-order valence-electron chi connectivity index (χ1n) is 8.84. The predicted molar refractivity (Wildman–Crippen MR) is 103 cm³/mol. The molecule has 0 saturated carbocycles. The van der Waals surface area contributed by atoms with Gasteiger partial charge in [0.05, 0.1) is 5.69 Å². The maximum Gasteiger partial charge on any atom is 0.225 e.